The summed E-state index contributed by atoms with van der Waals surface area (Å²) in [4.78, 5) is 48.5. The van der Waals surface area contributed by atoms with E-state index in [2.05, 4.69) is 13.2 Å². The SMILES string of the molecule is C=CC(=O)c1ccc(OCOc2ccc(OCOc3ccc(OC(=O)c4ccc(OC(=O)c5ccc(C(=O)C=C)cc5)cc4)cc3C(F)(F)F)cc2)cc1. The quantitative estimate of drug-likeness (QED) is 0.0319. The van der Waals surface area contributed by atoms with Crippen molar-refractivity contribution < 1.29 is 60.8 Å². The van der Waals surface area contributed by atoms with Crippen LogP contribution in [0.2, 0.25) is 0 Å². The van der Waals surface area contributed by atoms with Crippen LogP contribution in [0.1, 0.15) is 47.0 Å². The molecule has 0 saturated carbocycles. The zero-order valence-corrected chi connectivity index (χ0v) is 28.2. The molecule has 0 bridgehead atoms. The van der Waals surface area contributed by atoms with Gasteiger partial charge in [-0.1, -0.05) is 25.3 Å². The third-order valence-corrected chi connectivity index (χ3v) is 7.40. The molecule has 0 radical (unpaired) electrons. The van der Waals surface area contributed by atoms with E-state index in [1.165, 1.54) is 66.7 Å². The van der Waals surface area contributed by atoms with Gasteiger partial charge in [-0.25, -0.2) is 9.59 Å². The van der Waals surface area contributed by atoms with Gasteiger partial charge in [-0.05, 0) is 115 Å². The van der Waals surface area contributed by atoms with Gasteiger partial charge in [0.15, 0.2) is 11.6 Å². The largest absolute Gasteiger partial charge is 0.458 e. The number of rotatable bonds is 16. The first kappa shape index (κ1) is 38.1. The summed E-state index contributed by atoms with van der Waals surface area (Å²) in [5.41, 5.74) is -0.237. The van der Waals surface area contributed by atoms with Crippen LogP contribution in [0.4, 0.5) is 13.2 Å². The maximum absolute atomic E-state index is 13.9. The molecule has 54 heavy (non-hydrogen) atoms. The third-order valence-electron chi connectivity index (χ3n) is 7.40. The highest BCUT2D eigenvalue weighted by Gasteiger charge is 2.35. The van der Waals surface area contributed by atoms with Crippen molar-refractivity contribution in [1.82, 2.24) is 0 Å². The second-order valence-electron chi connectivity index (χ2n) is 11.0. The van der Waals surface area contributed by atoms with Crippen molar-refractivity contribution in [3.05, 3.63) is 168 Å². The van der Waals surface area contributed by atoms with Crippen LogP contribution in [0.15, 0.2) is 141 Å². The molecule has 0 aliphatic heterocycles. The molecule has 0 spiro atoms. The molecule has 13 heteroatoms. The van der Waals surface area contributed by atoms with Gasteiger partial charge in [0, 0.05) is 11.1 Å². The van der Waals surface area contributed by atoms with E-state index in [1.54, 1.807) is 36.4 Å². The highest BCUT2D eigenvalue weighted by molar-refractivity contribution is 6.05. The molecule has 0 saturated heterocycles. The summed E-state index contributed by atoms with van der Waals surface area (Å²) < 4.78 is 74.0. The Bertz CT molecular complexity index is 2140. The van der Waals surface area contributed by atoms with Crippen LogP contribution in [0.3, 0.4) is 0 Å². The van der Waals surface area contributed by atoms with Gasteiger partial charge in [-0.15, -0.1) is 0 Å². The Morgan fingerprint density at radius 2 is 0.833 bits per heavy atom. The van der Waals surface area contributed by atoms with Crippen molar-refractivity contribution in [3.63, 3.8) is 0 Å². The molecule has 10 nitrogen and oxygen atoms in total. The Hall–Kier alpha value is -7.15. The lowest BCUT2D eigenvalue weighted by Crippen LogP contribution is -2.14. The van der Waals surface area contributed by atoms with E-state index in [-0.39, 0.29) is 41.0 Å². The van der Waals surface area contributed by atoms with E-state index in [1.807, 2.05) is 0 Å². The van der Waals surface area contributed by atoms with Crippen LogP contribution in [0.25, 0.3) is 0 Å². The first-order valence-corrected chi connectivity index (χ1v) is 15.8. The zero-order chi connectivity index (χ0) is 38.7. The van der Waals surface area contributed by atoms with Crippen molar-refractivity contribution in [2.24, 2.45) is 0 Å². The summed E-state index contributed by atoms with van der Waals surface area (Å²) in [5.74, 6) is -1.88. The summed E-state index contributed by atoms with van der Waals surface area (Å²) in [6.45, 7) is 6.14. The van der Waals surface area contributed by atoms with Gasteiger partial charge in [0.1, 0.15) is 40.1 Å². The van der Waals surface area contributed by atoms with Gasteiger partial charge in [0.2, 0.25) is 13.6 Å². The van der Waals surface area contributed by atoms with Gasteiger partial charge in [-0.3, -0.25) is 9.59 Å². The predicted molar refractivity (Wildman–Crippen MR) is 188 cm³/mol. The lowest BCUT2D eigenvalue weighted by molar-refractivity contribution is -0.139. The van der Waals surface area contributed by atoms with Crippen molar-refractivity contribution in [2.75, 3.05) is 13.6 Å². The van der Waals surface area contributed by atoms with Crippen LogP contribution in [0.5, 0.6) is 34.5 Å². The fourth-order valence-electron chi connectivity index (χ4n) is 4.59. The monoisotopic (exact) mass is 738 g/mol. The van der Waals surface area contributed by atoms with E-state index >= 15 is 0 Å². The molecule has 0 fully saturated rings. The van der Waals surface area contributed by atoms with Crippen LogP contribution in [0, 0.1) is 0 Å². The Morgan fingerprint density at radius 3 is 1.30 bits per heavy atom. The molecule has 0 unspecified atom stereocenters. The predicted octanol–water partition coefficient (Wildman–Crippen LogP) is 8.71. The summed E-state index contributed by atoms with van der Waals surface area (Å²) in [5, 5.41) is 0. The molecular formula is C41H29F3O10. The highest BCUT2D eigenvalue weighted by Crippen LogP contribution is 2.39. The lowest BCUT2D eigenvalue weighted by Gasteiger charge is -2.16. The number of allylic oxidation sites excluding steroid dienone is 2. The molecule has 0 amide bonds. The van der Waals surface area contributed by atoms with Crippen LogP contribution in [-0.4, -0.2) is 37.1 Å². The van der Waals surface area contributed by atoms with E-state index in [9.17, 15) is 32.3 Å². The van der Waals surface area contributed by atoms with Crippen molar-refractivity contribution in [2.45, 2.75) is 6.18 Å². The molecule has 0 aromatic heterocycles. The number of alkyl halides is 3. The van der Waals surface area contributed by atoms with Crippen LogP contribution in [-0.2, 0) is 6.18 Å². The Labute approximate surface area is 306 Å². The Morgan fingerprint density at radius 1 is 0.481 bits per heavy atom. The van der Waals surface area contributed by atoms with Crippen LogP contribution >= 0.6 is 0 Å². The zero-order valence-electron chi connectivity index (χ0n) is 28.2. The van der Waals surface area contributed by atoms with Crippen molar-refractivity contribution in [1.29, 1.82) is 0 Å². The molecular weight excluding hydrogens is 709 g/mol. The summed E-state index contributed by atoms with van der Waals surface area (Å²) in [6, 6.07) is 26.3. The summed E-state index contributed by atoms with van der Waals surface area (Å²) in [7, 11) is 0. The fraction of sp³-hybridized carbons (Fsp3) is 0.0732. The number of esters is 2. The number of carbonyl (C=O) groups excluding carboxylic acids is 4. The normalized spacial score (nSPS) is 10.7. The van der Waals surface area contributed by atoms with Gasteiger partial charge in [0.25, 0.3) is 0 Å². The topological polar surface area (TPSA) is 124 Å². The third kappa shape index (κ3) is 10.2. The Balaban J connectivity index is 1.11. The smallest absolute Gasteiger partial charge is 0.420 e. The lowest BCUT2D eigenvalue weighted by atomic mass is 10.1. The number of ketones is 2. The van der Waals surface area contributed by atoms with Gasteiger partial charge >= 0.3 is 18.1 Å². The average molecular weight is 739 g/mol. The van der Waals surface area contributed by atoms with Crippen molar-refractivity contribution in [3.8, 4) is 34.5 Å². The number of ether oxygens (including phenoxy) is 6. The number of benzene rings is 5. The standard InChI is InChI=1S/C41H29F3O10/c1-3-36(45)26-5-7-28(8-6-26)39(47)53-33-15-11-29(12-16-33)40(48)54-34-21-22-38(35(23-34)41(42,43)44)52-25-51-32-19-17-31(18-20-32)50-24-49-30-13-9-27(10-14-30)37(46)4-2/h3-23H,1-2,24-25H2. The average Bonchev–Trinajstić information content (AvgIpc) is 3.18. The van der Waals surface area contributed by atoms with Gasteiger partial charge < -0.3 is 28.4 Å². The molecule has 5 aromatic rings. The first-order chi connectivity index (χ1) is 25.9. The highest BCUT2D eigenvalue weighted by atomic mass is 19.4. The molecule has 0 aliphatic rings. The van der Waals surface area contributed by atoms with E-state index in [4.69, 9.17) is 28.4 Å². The number of hydrogen-bond acceptors (Lipinski definition) is 10. The van der Waals surface area contributed by atoms with E-state index in [0.717, 1.165) is 18.2 Å². The fourth-order valence-corrected chi connectivity index (χ4v) is 4.59. The summed E-state index contributed by atoms with van der Waals surface area (Å²) in [6.07, 6.45) is -2.50. The first-order valence-electron chi connectivity index (χ1n) is 15.8. The minimum Gasteiger partial charge on any atom is -0.458 e. The molecule has 5 aromatic carbocycles. The molecule has 0 N–H and O–H groups in total. The maximum Gasteiger partial charge on any atom is 0.420 e. The second-order valence-corrected chi connectivity index (χ2v) is 11.0. The van der Waals surface area contributed by atoms with Crippen molar-refractivity contribution >= 4 is 23.5 Å². The molecule has 0 atom stereocenters. The van der Waals surface area contributed by atoms with Gasteiger partial charge in [-0.2, -0.15) is 13.2 Å². The molecule has 5 rings (SSSR count). The Kier molecular flexibility index (Phi) is 12.3. The summed E-state index contributed by atoms with van der Waals surface area (Å²) >= 11 is 0. The molecule has 0 aliphatic carbocycles. The van der Waals surface area contributed by atoms with E-state index < -0.39 is 42.0 Å². The minimum absolute atomic E-state index is 0.0266. The van der Waals surface area contributed by atoms with Gasteiger partial charge in [0.05, 0.1) is 11.1 Å². The number of carbonyl (C=O) groups is 4. The number of halogens is 3. The maximum atomic E-state index is 13.9. The second kappa shape index (κ2) is 17.4. The number of hydrogen-bond donors (Lipinski definition) is 0. The minimum atomic E-state index is -4.86. The molecule has 0 heterocycles. The molecule has 274 valence electrons. The van der Waals surface area contributed by atoms with E-state index in [0.29, 0.717) is 28.7 Å². The van der Waals surface area contributed by atoms with Crippen LogP contribution < -0.4 is 28.4 Å².